The van der Waals surface area contributed by atoms with Gasteiger partial charge in [-0.2, -0.15) is 0 Å². The molecule has 1 aliphatic carbocycles. The molecular weight excluding hydrogens is 671 g/mol. The zero-order chi connectivity index (χ0) is 38.2. The molecule has 2 heterocycles. The summed E-state index contributed by atoms with van der Waals surface area (Å²) in [5.74, 6) is -1.22. The first-order chi connectivity index (χ1) is 24.6. The van der Waals surface area contributed by atoms with E-state index in [2.05, 4.69) is 84.2 Å². The fourth-order valence-electron chi connectivity index (χ4n) is 6.69. The van der Waals surface area contributed by atoms with Gasteiger partial charge in [-0.3, -0.25) is 9.59 Å². The van der Waals surface area contributed by atoms with Crippen molar-refractivity contribution in [2.75, 3.05) is 12.3 Å². The van der Waals surface area contributed by atoms with Crippen LogP contribution in [0.15, 0.2) is 98.2 Å². The van der Waals surface area contributed by atoms with Crippen molar-refractivity contribution >= 4 is 27.0 Å². The predicted octanol–water partition coefficient (Wildman–Crippen LogP) is 9.67. The first-order valence-corrected chi connectivity index (χ1v) is 20.2. The molecule has 1 aromatic carbocycles. The molecular formula is C44H57NO6S. The smallest absolute Gasteiger partial charge is 0.211 e. The molecule has 1 unspecified atom stereocenters. The van der Waals surface area contributed by atoms with Crippen LogP contribution in [0.5, 0.6) is 11.5 Å². The van der Waals surface area contributed by atoms with Crippen LogP contribution in [0.25, 0.3) is 5.57 Å². The number of fused-ring (bicyclic) bond motifs is 2. The third-order valence-corrected chi connectivity index (χ3v) is 11.5. The summed E-state index contributed by atoms with van der Waals surface area (Å²) in [7, 11) is -3.97. The number of hydrogen-bond acceptors (Lipinski definition) is 7. The molecule has 4 rings (SSSR count). The summed E-state index contributed by atoms with van der Waals surface area (Å²) in [6.07, 6.45) is 19.9. The fraction of sp³-hybridized carbons (Fsp3) is 0.455. The van der Waals surface area contributed by atoms with Crippen molar-refractivity contribution in [2.24, 2.45) is 0 Å². The third kappa shape index (κ3) is 10.5. The van der Waals surface area contributed by atoms with Crippen molar-refractivity contribution in [3.63, 3.8) is 0 Å². The van der Waals surface area contributed by atoms with Crippen LogP contribution in [0.3, 0.4) is 0 Å². The molecule has 0 aromatic heterocycles. The Kier molecular flexibility index (Phi) is 14.1. The van der Waals surface area contributed by atoms with Crippen molar-refractivity contribution in [2.45, 2.75) is 119 Å². The number of ketones is 2. The molecule has 0 amide bonds. The maximum absolute atomic E-state index is 14.1. The molecule has 1 atom stereocenters. The van der Waals surface area contributed by atoms with E-state index < -0.39 is 32.4 Å². The number of rotatable bonds is 15. The Morgan fingerprint density at radius 3 is 1.88 bits per heavy atom. The lowest BCUT2D eigenvalue weighted by atomic mass is 9.81. The Balaban J connectivity index is 1.61. The molecule has 8 heteroatoms. The van der Waals surface area contributed by atoms with Gasteiger partial charge in [-0.05, 0) is 131 Å². The fourth-order valence-corrected chi connectivity index (χ4v) is 8.13. The zero-order valence-corrected chi connectivity index (χ0v) is 33.2. The SMILES string of the molecule is CC(C)=CCC/C(C)=C/CC/C(C)=C/Cc1cc2c(cc1O)C1=C(C(=O)C3=C(NCCS3(=O)=O)C1=O)C(/C=C(\C)CC/C=C(\C)CCC=C(C)C)O2. The maximum atomic E-state index is 14.1. The van der Waals surface area contributed by atoms with E-state index in [9.17, 15) is 23.1 Å². The number of nitrogens with one attached hydrogen (secondary N) is 1. The summed E-state index contributed by atoms with van der Waals surface area (Å²) < 4.78 is 32.7. The van der Waals surface area contributed by atoms with Crippen LogP contribution in [-0.2, 0) is 25.8 Å². The van der Waals surface area contributed by atoms with Crippen LogP contribution in [0.1, 0.15) is 118 Å². The van der Waals surface area contributed by atoms with Crippen molar-refractivity contribution in [3.8, 4) is 11.5 Å². The van der Waals surface area contributed by atoms with Crippen molar-refractivity contribution in [1.29, 1.82) is 0 Å². The average Bonchev–Trinajstić information content (AvgIpc) is 3.05. The molecule has 0 bridgehead atoms. The second kappa shape index (κ2) is 18.0. The number of carbonyl (C=O) groups is 2. The lowest BCUT2D eigenvalue weighted by Crippen LogP contribution is -2.44. The Morgan fingerprint density at radius 2 is 1.31 bits per heavy atom. The van der Waals surface area contributed by atoms with E-state index in [0.717, 1.165) is 50.5 Å². The minimum Gasteiger partial charge on any atom is -0.508 e. The number of Topliss-reactive ketones (excluding diaryl/α,β-unsaturated/α-hetero) is 2. The number of aromatic hydroxyl groups is 1. The van der Waals surface area contributed by atoms with E-state index in [4.69, 9.17) is 4.74 Å². The van der Waals surface area contributed by atoms with Gasteiger partial charge in [-0.15, -0.1) is 0 Å². The van der Waals surface area contributed by atoms with Gasteiger partial charge < -0.3 is 15.2 Å². The van der Waals surface area contributed by atoms with Crippen LogP contribution in [0.2, 0.25) is 0 Å². The van der Waals surface area contributed by atoms with Crippen LogP contribution >= 0.6 is 0 Å². The summed E-state index contributed by atoms with van der Waals surface area (Å²) in [5.41, 5.74) is 8.30. The molecule has 2 aliphatic heterocycles. The molecule has 52 heavy (non-hydrogen) atoms. The van der Waals surface area contributed by atoms with E-state index in [-0.39, 0.29) is 40.5 Å². The molecule has 1 aromatic rings. The quantitative estimate of drug-likeness (QED) is 0.137. The standard InChI is InChI=1S/C44H57NO6S/c1-28(2)13-9-15-30(5)17-11-19-32(7)21-22-34-26-37-35(27-36(34)46)39-40(43(48)44-41(42(39)47)45-23-24-52(44,49)50)38(51-37)25-33(8)20-12-18-31(6)16-10-14-29(3)4/h13-14,17-18,21,25-27,38,45-46H,9-12,15-16,19-20,22-24H2,1-8H3/b30-17+,31-18+,32-21+,33-25+. The first-order valence-electron chi connectivity index (χ1n) is 18.6. The largest absolute Gasteiger partial charge is 0.508 e. The average molecular weight is 728 g/mol. The zero-order valence-electron chi connectivity index (χ0n) is 32.4. The van der Waals surface area contributed by atoms with Gasteiger partial charge >= 0.3 is 0 Å². The Labute approximate surface area is 311 Å². The Morgan fingerprint density at radius 1 is 0.769 bits per heavy atom. The second-order valence-electron chi connectivity index (χ2n) is 15.0. The van der Waals surface area contributed by atoms with Crippen LogP contribution in [-0.4, -0.2) is 43.5 Å². The number of benzene rings is 1. The van der Waals surface area contributed by atoms with E-state index in [1.807, 2.05) is 13.0 Å². The van der Waals surface area contributed by atoms with Gasteiger partial charge in [0.15, 0.2) is 9.84 Å². The monoisotopic (exact) mass is 727 g/mol. The van der Waals surface area contributed by atoms with Gasteiger partial charge in [0.05, 0.1) is 11.3 Å². The summed E-state index contributed by atoms with van der Waals surface area (Å²) in [6.45, 7) is 16.8. The highest BCUT2D eigenvalue weighted by atomic mass is 32.2. The number of sulfone groups is 1. The predicted molar refractivity (Wildman–Crippen MR) is 213 cm³/mol. The molecule has 2 N–H and O–H groups in total. The number of carbonyl (C=O) groups excluding carboxylic acids is 2. The molecule has 7 nitrogen and oxygen atoms in total. The van der Waals surface area contributed by atoms with Crippen LogP contribution < -0.4 is 10.1 Å². The van der Waals surface area contributed by atoms with Gasteiger partial charge in [0.25, 0.3) is 0 Å². The molecule has 280 valence electrons. The molecule has 0 saturated carbocycles. The van der Waals surface area contributed by atoms with E-state index >= 15 is 0 Å². The summed E-state index contributed by atoms with van der Waals surface area (Å²) >= 11 is 0. The topological polar surface area (TPSA) is 110 Å². The third-order valence-electron chi connectivity index (χ3n) is 9.73. The summed E-state index contributed by atoms with van der Waals surface area (Å²) in [5, 5.41) is 14.1. The number of phenolic OH excluding ortho intramolecular Hbond substituents is 1. The molecule has 0 fully saturated rings. The van der Waals surface area contributed by atoms with Gasteiger partial charge in [-0.25, -0.2) is 8.42 Å². The molecule has 3 aliphatic rings. The van der Waals surface area contributed by atoms with Gasteiger partial charge in [-0.1, -0.05) is 63.8 Å². The van der Waals surface area contributed by atoms with E-state index in [1.165, 1.54) is 33.9 Å². The van der Waals surface area contributed by atoms with Crippen molar-refractivity contribution in [1.82, 2.24) is 5.32 Å². The second-order valence-corrected chi connectivity index (χ2v) is 17.0. The van der Waals surface area contributed by atoms with Gasteiger partial charge in [0, 0.05) is 23.2 Å². The molecule has 0 saturated heterocycles. The number of phenols is 1. The Bertz CT molecular complexity index is 1940. The van der Waals surface area contributed by atoms with Crippen LogP contribution in [0, 0.1) is 0 Å². The first kappa shape index (κ1) is 40.6. The van der Waals surface area contributed by atoms with E-state index in [0.29, 0.717) is 24.2 Å². The van der Waals surface area contributed by atoms with Crippen molar-refractivity contribution in [3.05, 3.63) is 109 Å². The highest BCUT2D eigenvalue weighted by molar-refractivity contribution is 7.96. The summed E-state index contributed by atoms with van der Waals surface area (Å²) in [6, 6.07) is 3.22. The van der Waals surface area contributed by atoms with E-state index in [1.54, 1.807) is 6.07 Å². The molecule has 0 radical (unpaired) electrons. The van der Waals surface area contributed by atoms with Gasteiger partial charge in [0.2, 0.25) is 11.6 Å². The lowest BCUT2D eigenvalue weighted by Gasteiger charge is -2.34. The minimum atomic E-state index is -3.97. The van der Waals surface area contributed by atoms with Crippen LogP contribution in [0.4, 0.5) is 0 Å². The lowest BCUT2D eigenvalue weighted by molar-refractivity contribution is -0.115. The summed E-state index contributed by atoms with van der Waals surface area (Å²) in [4.78, 5) is 27.6. The molecule has 0 spiro atoms. The van der Waals surface area contributed by atoms with Gasteiger partial charge in [0.1, 0.15) is 28.2 Å². The minimum absolute atomic E-state index is 0.00316. The number of ether oxygens (including phenoxy) is 1. The maximum Gasteiger partial charge on any atom is 0.211 e. The highest BCUT2D eigenvalue weighted by Gasteiger charge is 2.47. The highest BCUT2D eigenvalue weighted by Crippen LogP contribution is 2.46. The van der Waals surface area contributed by atoms with Crippen molar-refractivity contribution < 1.29 is 27.9 Å². The number of allylic oxidation sites excluding steroid dienone is 13. The Hall–Kier alpha value is -4.17. The number of hydrogen-bond donors (Lipinski definition) is 2. The normalized spacial score (nSPS) is 19.0.